The van der Waals surface area contributed by atoms with Crippen LogP contribution in [0.15, 0.2) is 66.7 Å². The van der Waals surface area contributed by atoms with Gasteiger partial charge in [-0.25, -0.2) is 5.32 Å². The van der Waals surface area contributed by atoms with Crippen molar-refractivity contribution in [1.29, 1.82) is 5.41 Å². The maximum absolute atomic E-state index is 12.2. The summed E-state index contributed by atoms with van der Waals surface area (Å²) in [6, 6.07) is 19.7. The molecule has 0 heterocycles. The Hall–Kier alpha value is -4.08. The molecular weight excluding hydrogens is 424 g/mol. The maximum atomic E-state index is 12.2. The molecule has 0 saturated carbocycles. The monoisotopic (exact) mass is 449 g/mol. The molecule has 3 aromatic rings. The Morgan fingerprint density at radius 3 is 2.39 bits per heavy atom. The Morgan fingerprint density at radius 2 is 1.76 bits per heavy atom. The number of amides is 1. The standard InChI is InChI=1S/C24H25N4O5/c1-31-15-23(29)27-20-13-22(33-14-16-6-4-3-5-7-16)21(32-2)12-19(20)26-18-10-8-17(9-11-18)24(25)28-30/h3-13,30H,14-15H2,1-2H3,(H2,25,28)(H,27,29). The van der Waals surface area contributed by atoms with Gasteiger partial charge in [0.15, 0.2) is 11.5 Å². The Bertz CT molecular complexity index is 1090. The number of carbonyl (C=O) groups is 1. The normalized spacial score (nSPS) is 10.3. The van der Waals surface area contributed by atoms with Crippen LogP contribution in [0, 0.1) is 5.41 Å². The molecule has 0 atom stereocenters. The van der Waals surface area contributed by atoms with Crippen molar-refractivity contribution < 1.29 is 24.2 Å². The van der Waals surface area contributed by atoms with Gasteiger partial charge >= 0.3 is 0 Å². The molecule has 0 aromatic heterocycles. The number of hydrogen-bond acceptors (Lipinski definition) is 6. The molecule has 0 aliphatic heterocycles. The van der Waals surface area contributed by atoms with Crippen molar-refractivity contribution in [2.75, 3.05) is 26.1 Å². The van der Waals surface area contributed by atoms with E-state index >= 15 is 0 Å². The van der Waals surface area contributed by atoms with Gasteiger partial charge < -0.3 is 19.5 Å². The molecule has 3 rings (SSSR count). The van der Waals surface area contributed by atoms with E-state index in [1.165, 1.54) is 14.2 Å². The highest BCUT2D eigenvalue weighted by Gasteiger charge is 2.16. The summed E-state index contributed by atoms with van der Waals surface area (Å²) in [6.45, 7) is 0.210. The van der Waals surface area contributed by atoms with Gasteiger partial charge in [-0.1, -0.05) is 30.3 Å². The number of carbonyl (C=O) groups excluding carboxylic acids is 1. The smallest absolute Gasteiger partial charge is 0.250 e. The number of ether oxygens (including phenoxy) is 3. The quantitative estimate of drug-likeness (QED) is 0.212. The summed E-state index contributed by atoms with van der Waals surface area (Å²) in [5, 5.41) is 23.9. The Balaban J connectivity index is 1.89. The Labute approximate surface area is 191 Å². The molecule has 0 aliphatic carbocycles. The molecule has 4 N–H and O–H groups in total. The van der Waals surface area contributed by atoms with Crippen molar-refractivity contribution in [3.8, 4) is 11.5 Å². The topological polar surface area (TPSA) is 127 Å². The van der Waals surface area contributed by atoms with E-state index in [-0.39, 0.29) is 18.3 Å². The molecule has 0 fully saturated rings. The first-order chi connectivity index (χ1) is 16.0. The van der Waals surface area contributed by atoms with Gasteiger partial charge in [-0.3, -0.25) is 20.9 Å². The number of anilines is 1. The van der Waals surface area contributed by atoms with E-state index in [1.54, 1.807) is 41.9 Å². The summed E-state index contributed by atoms with van der Waals surface area (Å²) in [7, 11) is 2.97. The van der Waals surface area contributed by atoms with Gasteiger partial charge in [-0.05, 0) is 29.8 Å². The third-order valence-electron chi connectivity index (χ3n) is 4.59. The fourth-order valence-corrected chi connectivity index (χ4v) is 2.97. The molecule has 0 saturated heterocycles. The highest BCUT2D eigenvalue weighted by molar-refractivity contribution is 5.96. The summed E-state index contributed by atoms with van der Waals surface area (Å²) in [5.41, 5.74) is 4.73. The molecule has 171 valence electrons. The molecule has 0 aliphatic rings. The maximum Gasteiger partial charge on any atom is 0.250 e. The highest BCUT2D eigenvalue weighted by Crippen LogP contribution is 2.38. The van der Waals surface area contributed by atoms with Crippen LogP contribution in [-0.2, 0) is 16.1 Å². The molecule has 3 aromatic carbocycles. The van der Waals surface area contributed by atoms with Gasteiger partial charge in [0.1, 0.15) is 19.0 Å². The highest BCUT2D eigenvalue weighted by atomic mass is 16.5. The van der Waals surface area contributed by atoms with Gasteiger partial charge in [-0.15, -0.1) is 0 Å². The fraction of sp³-hybridized carbons (Fsp3) is 0.167. The molecule has 0 unspecified atom stereocenters. The third kappa shape index (κ3) is 6.45. The minimum atomic E-state index is -0.342. The van der Waals surface area contributed by atoms with Crippen molar-refractivity contribution in [1.82, 2.24) is 10.8 Å². The average Bonchev–Trinajstić information content (AvgIpc) is 2.84. The van der Waals surface area contributed by atoms with Crippen LogP contribution >= 0.6 is 0 Å². The minimum absolute atomic E-state index is 0.114. The molecule has 9 heteroatoms. The van der Waals surface area contributed by atoms with Crippen molar-refractivity contribution in [3.63, 3.8) is 0 Å². The third-order valence-corrected chi connectivity index (χ3v) is 4.59. The van der Waals surface area contributed by atoms with Crippen molar-refractivity contribution in [2.24, 2.45) is 0 Å². The van der Waals surface area contributed by atoms with Crippen LogP contribution < -0.4 is 25.6 Å². The van der Waals surface area contributed by atoms with Crippen LogP contribution in [0.3, 0.4) is 0 Å². The van der Waals surface area contributed by atoms with E-state index in [1.807, 2.05) is 30.3 Å². The van der Waals surface area contributed by atoms with E-state index in [4.69, 9.17) is 24.8 Å². The second kappa shape index (κ2) is 11.5. The van der Waals surface area contributed by atoms with E-state index < -0.39 is 0 Å². The number of hydrogen-bond donors (Lipinski definition) is 4. The van der Waals surface area contributed by atoms with E-state index in [0.29, 0.717) is 40.7 Å². The lowest BCUT2D eigenvalue weighted by Gasteiger charge is -2.17. The Kier molecular flexibility index (Phi) is 8.23. The lowest BCUT2D eigenvalue weighted by molar-refractivity contribution is -0.119. The number of benzene rings is 3. The van der Waals surface area contributed by atoms with Crippen LogP contribution in [0.25, 0.3) is 0 Å². The largest absolute Gasteiger partial charge is 0.493 e. The van der Waals surface area contributed by atoms with Crippen molar-refractivity contribution in [3.05, 3.63) is 77.9 Å². The number of rotatable bonds is 10. The van der Waals surface area contributed by atoms with Gasteiger partial charge in [0.05, 0.1) is 24.2 Å². The summed E-state index contributed by atoms with van der Waals surface area (Å²) < 4.78 is 16.4. The molecular formula is C24H25N4O5. The molecule has 1 radical (unpaired) electrons. The molecule has 0 bridgehead atoms. The summed E-state index contributed by atoms with van der Waals surface area (Å²) >= 11 is 0. The predicted molar refractivity (Wildman–Crippen MR) is 124 cm³/mol. The van der Waals surface area contributed by atoms with Crippen molar-refractivity contribution in [2.45, 2.75) is 6.61 Å². The zero-order valence-corrected chi connectivity index (χ0v) is 18.3. The molecule has 9 nitrogen and oxygen atoms in total. The molecule has 33 heavy (non-hydrogen) atoms. The van der Waals surface area contributed by atoms with Crippen LogP contribution in [0.5, 0.6) is 11.5 Å². The van der Waals surface area contributed by atoms with E-state index in [0.717, 1.165) is 5.56 Å². The second-order valence-corrected chi connectivity index (χ2v) is 6.92. The number of nitrogens with one attached hydrogen (secondary N) is 3. The van der Waals surface area contributed by atoms with Crippen molar-refractivity contribution >= 4 is 28.8 Å². The fourth-order valence-electron chi connectivity index (χ4n) is 2.97. The number of amidine groups is 1. The van der Waals surface area contributed by atoms with Crippen LogP contribution in [-0.4, -0.2) is 37.8 Å². The Morgan fingerprint density at radius 1 is 1.03 bits per heavy atom. The first kappa shape index (κ1) is 23.6. The van der Waals surface area contributed by atoms with Crippen LogP contribution in [0.4, 0.5) is 17.1 Å². The van der Waals surface area contributed by atoms with Crippen LogP contribution in [0.1, 0.15) is 11.1 Å². The average molecular weight is 449 g/mol. The number of hydroxylamine groups is 1. The zero-order valence-electron chi connectivity index (χ0n) is 18.3. The second-order valence-electron chi connectivity index (χ2n) is 6.92. The van der Waals surface area contributed by atoms with Crippen LogP contribution in [0.2, 0.25) is 0 Å². The van der Waals surface area contributed by atoms with Gasteiger partial charge in [0, 0.05) is 24.8 Å². The SMILES string of the molecule is COCC(=O)Nc1cc(OCc2ccccc2)c(OC)cc1[N]c1ccc(C(=N)NO)cc1. The molecule has 0 spiro atoms. The lowest BCUT2D eigenvalue weighted by atomic mass is 10.1. The summed E-state index contributed by atoms with van der Waals surface area (Å²) in [6.07, 6.45) is 0. The predicted octanol–water partition coefficient (Wildman–Crippen LogP) is 3.73. The summed E-state index contributed by atoms with van der Waals surface area (Å²) in [4.78, 5) is 12.2. The number of nitrogens with zero attached hydrogens (tertiary/aromatic N) is 1. The number of methoxy groups -OCH3 is 2. The first-order valence-corrected chi connectivity index (χ1v) is 10.0. The van der Waals surface area contributed by atoms with Gasteiger partial charge in [-0.2, -0.15) is 0 Å². The summed E-state index contributed by atoms with van der Waals surface area (Å²) in [5.74, 6) is 0.435. The molecule has 1 amide bonds. The minimum Gasteiger partial charge on any atom is -0.493 e. The van der Waals surface area contributed by atoms with Gasteiger partial charge in [0.25, 0.3) is 0 Å². The lowest BCUT2D eigenvalue weighted by Crippen LogP contribution is -2.18. The first-order valence-electron chi connectivity index (χ1n) is 10.0. The zero-order chi connectivity index (χ0) is 23.6. The van der Waals surface area contributed by atoms with E-state index in [2.05, 4.69) is 10.6 Å². The van der Waals surface area contributed by atoms with E-state index in [9.17, 15) is 4.79 Å². The van der Waals surface area contributed by atoms with Gasteiger partial charge in [0.2, 0.25) is 5.91 Å².